The molecule has 0 radical (unpaired) electrons. The fourth-order valence-electron chi connectivity index (χ4n) is 2.68. The standard InChI is InChI=1S/C17H27FN4O/c1-2-19-17(20-8-11-22-9-4-3-5-10-22)21-13-14-6-7-16(23)15(18)12-14/h6-7,12,23H,2-5,8-11,13H2,1H3,(H2,19,20,21). The van der Waals surface area contributed by atoms with E-state index in [1.54, 1.807) is 6.07 Å². The van der Waals surface area contributed by atoms with E-state index in [9.17, 15) is 9.50 Å². The fraction of sp³-hybridized carbons (Fsp3) is 0.588. The predicted molar refractivity (Wildman–Crippen MR) is 91.2 cm³/mol. The normalized spacial score (nSPS) is 16.3. The van der Waals surface area contributed by atoms with Gasteiger partial charge in [0.15, 0.2) is 17.5 Å². The van der Waals surface area contributed by atoms with E-state index in [-0.39, 0.29) is 5.75 Å². The van der Waals surface area contributed by atoms with E-state index < -0.39 is 5.82 Å². The molecule has 0 saturated carbocycles. The van der Waals surface area contributed by atoms with Crippen molar-refractivity contribution < 1.29 is 9.50 Å². The summed E-state index contributed by atoms with van der Waals surface area (Å²) in [6.45, 7) is 7.39. The number of hydrogen-bond donors (Lipinski definition) is 3. The highest BCUT2D eigenvalue weighted by atomic mass is 19.1. The Kier molecular flexibility index (Phi) is 7.13. The van der Waals surface area contributed by atoms with Crippen molar-refractivity contribution in [2.45, 2.75) is 32.7 Å². The summed E-state index contributed by atoms with van der Waals surface area (Å²) in [7, 11) is 0. The van der Waals surface area contributed by atoms with Crippen LogP contribution in [0.3, 0.4) is 0 Å². The third-order valence-electron chi connectivity index (χ3n) is 3.95. The summed E-state index contributed by atoms with van der Waals surface area (Å²) in [6.07, 6.45) is 3.93. The van der Waals surface area contributed by atoms with E-state index in [0.717, 1.165) is 31.2 Å². The number of phenolic OH excluding ortho intramolecular Hbond substituents is 1. The van der Waals surface area contributed by atoms with Gasteiger partial charge in [-0.15, -0.1) is 0 Å². The second-order valence-electron chi connectivity index (χ2n) is 5.81. The summed E-state index contributed by atoms with van der Waals surface area (Å²) >= 11 is 0. The summed E-state index contributed by atoms with van der Waals surface area (Å²) in [4.78, 5) is 6.93. The topological polar surface area (TPSA) is 59.9 Å². The molecule has 0 aromatic heterocycles. The average Bonchev–Trinajstić information content (AvgIpc) is 2.56. The number of benzene rings is 1. The highest BCUT2D eigenvalue weighted by molar-refractivity contribution is 5.79. The first-order valence-electron chi connectivity index (χ1n) is 8.41. The molecule has 1 fully saturated rings. The Bertz CT molecular complexity index is 515. The third kappa shape index (κ3) is 6.06. The second kappa shape index (κ2) is 9.35. The average molecular weight is 322 g/mol. The number of aromatic hydroxyl groups is 1. The Morgan fingerprint density at radius 1 is 1.26 bits per heavy atom. The first-order valence-corrected chi connectivity index (χ1v) is 8.41. The van der Waals surface area contributed by atoms with Crippen LogP contribution in [0.1, 0.15) is 31.7 Å². The number of nitrogens with zero attached hydrogens (tertiary/aromatic N) is 2. The molecular weight excluding hydrogens is 295 g/mol. The van der Waals surface area contributed by atoms with Gasteiger partial charge in [0.05, 0.1) is 6.54 Å². The maximum Gasteiger partial charge on any atom is 0.191 e. The highest BCUT2D eigenvalue weighted by Gasteiger charge is 2.09. The Labute approximate surface area is 137 Å². The van der Waals surface area contributed by atoms with Gasteiger partial charge in [0.25, 0.3) is 0 Å². The first-order chi connectivity index (χ1) is 11.2. The van der Waals surface area contributed by atoms with Gasteiger partial charge in [0, 0.05) is 19.6 Å². The molecule has 3 N–H and O–H groups in total. The molecule has 23 heavy (non-hydrogen) atoms. The Balaban J connectivity index is 1.82. The molecule has 0 bridgehead atoms. The Hall–Kier alpha value is -1.82. The monoisotopic (exact) mass is 322 g/mol. The van der Waals surface area contributed by atoms with Crippen LogP contribution in [0.5, 0.6) is 5.75 Å². The molecule has 1 aliphatic heterocycles. The molecule has 0 amide bonds. The number of halogens is 1. The molecule has 1 heterocycles. The van der Waals surface area contributed by atoms with Crippen molar-refractivity contribution in [3.05, 3.63) is 29.6 Å². The van der Waals surface area contributed by atoms with Crippen LogP contribution in [0.15, 0.2) is 23.2 Å². The molecule has 1 saturated heterocycles. The van der Waals surface area contributed by atoms with Gasteiger partial charge in [0.1, 0.15) is 0 Å². The largest absolute Gasteiger partial charge is 0.505 e. The van der Waals surface area contributed by atoms with Crippen molar-refractivity contribution in [1.82, 2.24) is 15.5 Å². The zero-order valence-corrected chi connectivity index (χ0v) is 13.8. The molecule has 1 aromatic rings. The van der Waals surface area contributed by atoms with Gasteiger partial charge >= 0.3 is 0 Å². The van der Waals surface area contributed by atoms with Crippen molar-refractivity contribution in [3.8, 4) is 5.75 Å². The molecule has 0 unspecified atom stereocenters. The summed E-state index contributed by atoms with van der Waals surface area (Å²) in [5.74, 6) is -0.206. The van der Waals surface area contributed by atoms with E-state index in [1.807, 2.05) is 6.92 Å². The van der Waals surface area contributed by atoms with E-state index in [0.29, 0.717) is 6.54 Å². The van der Waals surface area contributed by atoms with Gasteiger partial charge in [-0.2, -0.15) is 0 Å². The number of piperidine rings is 1. The van der Waals surface area contributed by atoms with E-state index in [2.05, 4.69) is 20.5 Å². The van der Waals surface area contributed by atoms with E-state index in [4.69, 9.17) is 0 Å². The summed E-state index contributed by atoms with van der Waals surface area (Å²) in [5.41, 5.74) is 0.730. The zero-order chi connectivity index (χ0) is 16.5. The van der Waals surface area contributed by atoms with Crippen LogP contribution >= 0.6 is 0 Å². The van der Waals surface area contributed by atoms with Crippen LogP contribution in [0.2, 0.25) is 0 Å². The molecule has 6 heteroatoms. The number of aliphatic imine (C=N–C) groups is 1. The lowest BCUT2D eigenvalue weighted by atomic mass is 10.1. The quantitative estimate of drug-likeness (QED) is 0.554. The maximum absolute atomic E-state index is 13.3. The van der Waals surface area contributed by atoms with Crippen molar-refractivity contribution >= 4 is 5.96 Å². The number of phenols is 1. The molecule has 1 aliphatic rings. The van der Waals surface area contributed by atoms with Crippen LogP contribution < -0.4 is 10.6 Å². The maximum atomic E-state index is 13.3. The van der Waals surface area contributed by atoms with E-state index in [1.165, 1.54) is 44.5 Å². The number of nitrogens with one attached hydrogen (secondary N) is 2. The van der Waals surface area contributed by atoms with Gasteiger partial charge in [-0.25, -0.2) is 9.38 Å². The second-order valence-corrected chi connectivity index (χ2v) is 5.81. The van der Waals surface area contributed by atoms with Gasteiger partial charge in [-0.3, -0.25) is 0 Å². The van der Waals surface area contributed by atoms with Crippen LogP contribution in [-0.2, 0) is 6.54 Å². The lowest BCUT2D eigenvalue weighted by molar-refractivity contribution is 0.232. The van der Waals surface area contributed by atoms with Gasteiger partial charge in [0.2, 0.25) is 0 Å². The number of likely N-dealkylation sites (tertiary alicyclic amines) is 1. The lowest BCUT2D eigenvalue weighted by Crippen LogP contribution is -2.42. The molecule has 0 spiro atoms. The zero-order valence-electron chi connectivity index (χ0n) is 13.8. The van der Waals surface area contributed by atoms with Gasteiger partial charge in [-0.05, 0) is 50.6 Å². The van der Waals surface area contributed by atoms with Crippen molar-refractivity contribution in [2.75, 3.05) is 32.7 Å². The van der Waals surface area contributed by atoms with Crippen molar-refractivity contribution in [3.63, 3.8) is 0 Å². The molecule has 128 valence electrons. The lowest BCUT2D eigenvalue weighted by Gasteiger charge is -2.26. The number of hydrogen-bond acceptors (Lipinski definition) is 3. The van der Waals surface area contributed by atoms with Crippen LogP contribution in [0.25, 0.3) is 0 Å². The molecule has 0 atom stereocenters. The predicted octanol–water partition coefficient (Wildman–Crippen LogP) is 2.07. The molecule has 5 nitrogen and oxygen atoms in total. The smallest absolute Gasteiger partial charge is 0.191 e. The Morgan fingerprint density at radius 2 is 2.04 bits per heavy atom. The van der Waals surface area contributed by atoms with Crippen LogP contribution in [0, 0.1) is 5.82 Å². The fourth-order valence-corrected chi connectivity index (χ4v) is 2.68. The molecule has 1 aromatic carbocycles. The van der Waals surface area contributed by atoms with Gasteiger partial charge < -0.3 is 20.6 Å². The summed E-state index contributed by atoms with van der Waals surface area (Å²) in [5, 5.41) is 15.7. The van der Waals surface area contributed by atoms with Gasteiger partial charge in [-0.1, -0.05) is 12.5 Å². The summed E-state index contributed by atoms with van der Waals surface area (Å²) in [6, 6.07) is 4.35. The third-order valence-corrected chi connectivity index (χ3v) is 3.95. The minimum atomic E-state index is -0.610. The van der Waals surface area contributed by atoms with E-state index >= 15 is 0 Å². The molecular formula is C17H27FN4O. The first kappa shape index (κ1) is 17.5. The minimum Gasteiger partial charge on any atom is -0.505 e. The minimum absolute atomic E-state index is 0.329. The SMILES string of the molecule is CCNC(=NCc1ccc(O)c(F)c1)NCCN1CCCCC1. The highest BCUT2D eigenvalue weighted by Crippen LogP contribution is 2.16. The molecule has 2 rings (SSSR count). The van der Waals surface area contributed by atoms with Crippen molar-refractivity contribution in [2.24, 2.45) is 4.99 Å². The number of guanidine groups is 1. The molecule has 0 aliphatic carbocycles. The van der Waals surface area contributed by atoms with Crippen molar-refractivity contribution in [1.29, 1.82) is 0 Å². The number of rotatable bonds is 6. The summed E-state index contributed by atoms with van der Waals surface area (Å²) < 4.78 is 13.3. The van der Waals surface area contributed by atoms with Crippen LogP contribution in [0.4, 0.5) is 4.39 Å². The van der Waals surface area contributed by atoms with Crippen LogP contribution in [-0.4, -0.2) is 48.7 Å². The Morgan fingerprint density at radius 3 is 2.74 bits per heavy atom.